The molecular weight excluding hydrogens is 328 g/mol. The predicted octanol–water partition coefficient (Wildman–Crippen LogP) is 2.68. The molecule has 26 heavy (non-hydrogen) atoms. The van der Waals surface area contributed by atoms with Crippen LogP contribution in [0.3, 0.4) is 0 Å². The van der Waals surface area contributed by atoms with Gasteiger partial charge in [-0.1, -0.05) is 32.0 Å². The Hall–Kier alpha value is -2.63. The first-order chi connectivity index (χ1) is 12.4. The van der Waals surface area contributed by atoms with Gasteiger partial charge in [-0.15, -0.1) is 0 Å². The van der Waals surface area contributed by atoms with E-state index in [4.69, 9.17) is 0 Å². The molecule has 1 spiro atoms. The largest absolute Gasteiger partial charge is 0.337 e. The molecule has 136 valence electrons. The number of carbonyl (C=O) groups excluding carboxylic acids is 2. The van der Waals surface area contributed by atoms with E-state index in [-0.39, 0.29) is 11.8 Å². The monoisotopic (exact) mass is 352 g/mol. The van der Waals surface area contributed by atoms with Crippen LogP contribution in [0.4, 0.5) is 5.69 Å². The summed E-state index contributed by atoms with van der Waals surface area (Å²) in [5.74, 6) is 0.388. The van der Waals surface area contributed by atoms with E-state index in [2.05, 4.69) is 30.1 Å². The van der Waals surface area contributed by atoms with Crippen molar-refractivity contribution in [1.29, 1.82) is 0 Å². The summed E-state index contributed by atoms with van der Waals surface area (Å²) in [6.45, 7) is 5.26. The van der Waals surface area contributed by atoms with Gasteiger partial charge in [-0.05, 0) is 36.5 Å². The van der Waals surface area contributed by atoms with Crippen molar-refractivity contribution in [3.8, 4) is 0 Å². The first kappa shape index (κ1) is 16.8. The summed E-state index contributed by atoms with van der Waals surface area (Å²) >= 11 is 0. The lowest BCUT2D eigenvalue weighted by Gasteiger charge is -2.38. The molecule has 1 saturated heterocycles. The van der Waals surface area contributed by atoms with Crippen LogP contribution in [-0.2, 0) is 10.2 Å². The number of para-hydroxylation sites is 1. The van der Waals surface area contributed by atoms with E-state index >= 15 is 0 Å². The number of H-pyrrole nitrogens is 1. The summed E-state index contributed by atoms with van der Waals surface area (Å²) in [5.41, 5.74) is 3.02. The van der Waals surface area contributed by atoms with Crippen LogP contribution in [0.15, 0.2) is 30.3 Å². The zero-order chi connectivity index (χ0) is 18.5. The maximum absolute atomic E-state index is 13.0. The summed E-state index contributed by atoms with van der Waals surface area (Å²) in [7, 11) is 1.84. The van der Waals surface area contributed by atoms with E-state index in [0.29, 0.717) is 37.5 Å². The SMILES string of the molecule is CC(C)c1cc(C(=O)N2CCC3(CC2)C(=O)N(C)c2ccccc23)n[nH]1. The number of hydrogen-bond donors (Lipinski definition) is 1. The van der Waals surface area contributed by atoms with Gasteiger partial charge < -0.3 is 9.80 Å². The maximum atomic E-state index is 13.0. The summed E-state index contributed by atoms with van der Waals surface area (Å²) < 4.78 is 0. The van der Waals surface area contributed by atoms with Crippen molar-refractivity contribution >= 4 is 17.5 Å². The molecule has 0 saturated carbocycles. The number of anilines is 1. The van der Waals surface area contributed by atoms with Gasteiger partial charge in [0.15, 0.2) is 0 Å². The molecule has 1 fully saturated rings. The van der Waals surface area contributed by atoms with E-state index in [1.54, 1.807) is 4.90 Å². The lowest BCUT2D eigenvalue weighted by Crippen LogP contribution is -2.49. The highest BCUT2D eigenvalue weighted by Gasteiger charge is 2.51. The minimum absolute atomic E-state index is 0.0601. The second kappa shape index (κ2) is 5.97. The third kappa shape index (κ3) is 2.35. The van der Waals surface area contributed by atoms with Gasteiger partial charge in [0.05, 0.1) is 5.41 Å². The molecule has 0 radical (unpaired) electrons. The van der Waals surface area contributed by atoms with Crippen LogP contribution >= 0.6 is 0 Å². The van der Waals surface area contributed by atoms with Gasteiger partial charge >= 0.3 is 0 Å². The summed E-state index contributed by atoms with van der Waals surface area (Å²) in [6, 6.07) is 9.83. The Morgan fingerprint density at radius 2 is 1.92 bits per heavy atom. The molecule has 2 aliphatic rings. The average Bonchev–Trinajstić information content (AvgIpc) is 3.23. The predicted molar refractivity (Wildman–Crippen MR) is 99.3 cm³/mol. The average molecular weight is 352 g/mol. The Bertz CT molecular complexity index is 862. The molecule has 0 atom stereocenters. The lowest BCUT2D eigenvalue weighted by atomic mass is 9.73. The molecule has 0 bridgehead atoms. The van der Waals surface area contributed by atoms with Gasteiger partial charge in [0, 0.05) is 31.5 Å². The van der Waals surface area contributed by atoms with E-state index in [9.17, 15) is 9.59 Å². The second-order valence-electron chi connectivity index (χ2n) is 7.62. The number of likely N-dealkylation sites (N-methyl/N-ethyl adjacent to an activating group) is 1. The van der Waals surface area contributed by atoms with E-state index in [0.717, 1.165) is 16.9 Å². The van der Waals surface area contributed by atoms with Crippen molar-refractivity contribution in [2.24, 2.45) is 0 Å². The number of piperidine rings is 1. The molecule has 2 aromatic rings. The van der Waals surface area contributed by atoms with Gasteiger partial charge in [0.25, 0.3) is 5.91 Å². The Morgan fingerprint density at radius 1 is 1.23 bits per heavy atom. The maximum Gasteiger partial charge on any atom is 0.274 e. The van der Waals surface area contributed by atoms with E-state index in [1.165, 1.54) is 0 Å². The Labute approximate surface area is 153 Å². The molecule has 2 amide bonds. The van der Waals surface area contributed by atoms with Gasteiger partial charge in [0.1, 0.15) is 5.69 Å². The summed E-state index contributed by atoms with van der Waals surface area (Å²) in [5, 5.41) is 7.11. The molecule has 6 nitrogen and oxygen atoms in total. The van der Waals surface area contributed by atoms with Crippen LogP contribution < -0.4 is 4.90 Å². The molecule has 6 heteroatoms. The molecule has 1 aromatic carbocycles. The molecule has 2 aliphatic heterocycles. The topological polar surface area (TPSA) is 69.3 Å². The Morgan fingerprint density at radius 3 is 2.58 bits per heavy atom. The first-order valence-electron chi connectivity index (χ1n) is 9.16. The third-order valence-electron chi connectivity index (χ3n) is 5.84. The van der Waals surface area contributed by atoms with Gasteiger partial charge in [0.2, 0.25) is 5.91 Å². The molecule has 4 rings (SSSR count). The lowest BCUT2D eigenvalue weighted by molar-refractivity contribution is -0.124. The minimum Gasteiger partial charge on any atom is -0.337 e. The quantitative estimate of drug-likeness (QED) is 0.903. The minimum atomic E-state index is -0.489. The number of nitrogens with zero attached hydrogens (tertiary/aromatic N) is 3. The molecule has 0 aliphatic carbocycles. The van der Waals surface area contributed by atoms with E-state index in [1.807, 2.05) is 36.2 Å². The second-order valence-corrected chi connectivity index (χ2v) is 7.62. The number of aromatic amines is 1. The van der Waals surface area contributed by atoms with Crippen molar-refractivity contribution in [2.75, 3.05) is 25.0 Å². The zero-order valence-electron chi connectivity index (χ0n) is 15.5. The summed E-state index contributed by atoms with van der Waals surface area (Å²) in [6.07, 6.45) is 1.31. The van der Waals surface area contributed by atoms with Crippen LogP contribution in [0.25, 0.3) is 0 Å². The fraction of sp³-hybridized carbons (Fsp3) is 0.450. The van der Waals surface area contributed by atoms with Crippen LogP contribution in [0, 0.1) is 0 Å². The van der Waals surface area contributed by atoms with E-state index < -0.39 is 5.41 Å². The van der Waals surface area contributed by atoms with Crippen molar-refractivity contribution in [1.82, 2.24) is 15.1 Å². The number of aromatic nitrogens is 2. The third-order valence-corrected chi connectivity index (χ3v) is 5.84. The van der Waals surface area contributed by atoms with Crippen LogP contribution in [0.1, 0.15) is 54.4 Å². The van der Waals surface area contributed by atoms with Gasteiger partial charge in [-0.2, -0.15) is 5.10 Å². The van der Waals surface area contributed by atoms with Crippen LogP contribution in [0.5, 0.6) is 0 Å². The molecule has 1 aromatic heterocycles. The van der Waals surface area contributed by atoms with Gasteiger partial charge in [-0.3, -0.25) is 14.7 Å². The highest BCUT2D eigenvalue weighted by atomic mass is 16.2. The molecule has 1 N–H and O–H groups in total. The fourth-order valence-electron chi connectivity index (χ4n) is 4.20. The fourth-order valence-corrected chi connectivity index (χ4v) is 4.20. The normalized spacial score (nSPS) is 18.7. The molecule has 0 unspecified atom stereocenters. The molecule has 3 heterocycles. The van der Waals surface area contributed by atoms with Crippen LogP contribution in [0.2, 0.25) is 0 Å². The number of benzene rings is 1. The van der Waals surface area contributed by atoms with Crippen LogP contribution in [-0.4, -0.2) is 47.0 Å². The summed E-state index contributed by atoms with van der Waals surface area (Å²) in [4.78, 5) is 29.3. The number of hydrogen-bond acceptors (Lipinski definition) is 3. The number of fused-ring (bicyclic) bond motifs is 2. The number of likely N-dealkylation sites (tertiary alicyclic amines) is 1. The zero-order valence-corrected chi connectivity index (χ0v) is 15.5. The smallest absolute Gasteiger partial charge is 0.274 e. The number of rotatable bonds is 2. The van der Waals surface area contributed by atoms with Gasteiger partial charge in [-0.25, -0.2) is 0 Å². The molecular formula is C20H24N4O2. The Kier molecular flexibility index (Phi) is 3.86. The highest BCUT2D eigenvalue weighted by molar-refractivity contribution is 6.08. The Balaban J connectivity index is 1.54. The number of carbonyl (C=O) groups is 2. The standard InChI is InChI=1S/C20H24N4O2/c1-13(2)15-12-16(22-21-15)18(25)24-10-8-20(9-11-24)14-6-4-5-7-17(14)23(3)19(20)26/h4-7,12-13H,8-11H2,1-3H3,(H,21,22). The van der Waals surface area contributed by atoms with Crippen molar-refractivity contribution in [2.45, 2.75) is 38.0 Å². The van der Waals surface area contributed by atoms with Crippen molar-refractivity contribution < 1.29 is 9.59 Å². The number of amides is 2. The van der Waals surface area contributed by atoms with Crippen molar-refractivity contribution in [3.05, 3.63) is 47.3 Å². The number of nitrogens with one attached hydrogen (secondary N) is 1. The first-order valence-corrected chi connectivity index (χ1v) is 9.16. The van der Waals surface area contributed by atoms with Crippen molar-refractivity contribution in [3.63, 3.8) is 0 Å². The highest BCUT2D eigenvalue weighted by Crippen LogP contribution is 2.47.